The molecule has 0 saturated carbocycles. The van der Waals surface area contributed by atoms with Gasteiger partial charge in [0, 0.05) is 19.3 Å². The van der Waals surface area contributed by atoms with E-state index in [-0.39, 0.29) is 0 Å². The van der Waals surface area contributed by atoms with Crippen LogP contribution >= 0.6 is 11.8 Å². The predicted molar refractivity (Wildman–Crippen MR) is 92.2 cm³/mol. The van der Waals surface area contributed by atoms with E-state index in [9.17, 15) is 0 Å². The highest BCUT2D eigenvalue weighted by molar-refractivity contribution is 7.98. The fraction of sp³-hybridized carbons (Fsp3) is 0.467. The Balaban J connectivity index is 1.75. The number of thioether (sulfide) groups is 1. The van der Waals surface area contributed by atoms with Crippen molar-refractivity contribution in [1.82, 2.24) is 34.8 Å². The van der Waals surface area contributed by atoms with Gasteiger partial charge in [-0.15, -0.1) is 15.3 Å². The molecule has 124 valence electrons. The molecule has 8 nitrogen and oxygen atoms in total. The Labute approximate surface area is 143 Å². The fourth-order valence-electron chi connectivity index (χ4n) is 2.89. The highest BCUT2D eigenvalue weighted by Gasteiger charge is 2.17. The SMILES string of the molecule is CSc1nc2nnc(-c3ccnc(N4CCCCC4)n3)c(C)n2n1. The van der Waals surface area contributed by atoms with E-state index in [4.69, 9.17) is 4.98 Å². The number of hydrogen-bond acceptors (Lipinski definition) is 8. The molecule has 4 heterocycles. The van der Waals surface area contributed by atoms with E-state index in [1.807, 2.05) is 19.2 Å². The Hall–Kier alpha value is -2.29. The Bertz CT molecular complexity index is 871. The zero-order valence-corrected chi connectivity index (χ0v) is 14.5. The van der Waals surface area contributed by atoms with Gasteiger partial charge >= 0.3 is 0 Å². The van der Waals surface area contributed by atoms with Gasteiger partial charge in [0.2, 0.25) is 11.1 Å². The van der Waals surface area contributed by atoms with Crippen molar-refractivity contribution < 1.29 is 0 Å². The number of rotatable bonds is 3. The first-order valence-electron chi connectivity index (χ1n) is 7.98. The van der Waals surface area contributed by atoms with Crippen molar-refractivity contribution in [2.45, 2.75) is 31.3 Å². The molecule has 0 aliphatic carbocycles. The summed E-state index contributed by atoms with van der Waals surface area (Å²) >= 11 is 1.48. The predicted octanol–water partition coefficient (Wildman–Crippen LogP) is 2.00. The number of piperidine rings is 1. The molecule has 9 heteroatoms. The van der Waals surface area contributed by atoms with Crippen LogP contribution in [0.2, 0.25) is 0 Å². The number of anilines is 1. The first kappa shape index (κ1) is 15.3. The second-order valence-electron chi connectivity index (χ2n) is 5.73. The van der Waals surface area contributed by atoms with Crippen LogP contribution in [0.15, 0.2) is 17.4 Å². The normalized spacial score (nSPS) is 15.2. The third kappa shape index (κ3) is 2.68. The van der Waals surface area contributed by atoms with E-state index in [0.29, 0.717) is 16.6 Å². The molecule has 0 radical (unpaired) electrons. The second kappa shape index (κ2) is 6.31. The van der Waals surface area contributed by atoms with Crippen molar-refractivity contribution in [3.63, 3.8) is 0 Å². The van der Waals surface area contributed by atoms with Gasteiger partial charge in [0.15, 0.2) is 0 Å². The maximum Gasteiger partial charge on any atom is 0.272 e. The monoisotopic (exact) mass is 342 g/mol. The summed E-state index contributed by atoms with van der Waals surface area (Å²) in [7, 11) is 0. The van der Waals surface area contributed by atoms with E-state index >= 15 is 0 Å². The minimum absolute atomic E-state index is 0.505. The molecule has 0 atom stereocenters. The molecule has 1 saturated heterocycles. The summed E-state index contributed by atoms with van der Waals surface area (Å²) in [5.41, 5.74) is 2.34. The molecule has 1 aliphatic rings. The van der Waals surface area contributed by atoms with Gasteiger partial charge in [-0.25, -0.2) is 9.97 Å². The molecule has 24 heavy (non-hydrogen) atoms. The highest BCUT2D eigenvalue weighted by Crippen LogP contribution is 2.22. The Morgan fingerprint density at radius 3 is 2.71 bits per heavy atom. The van der Waals surface area contributed by atoms with Gasteiger partial charge < -0.3 is 4.90 Å². The number of nitrogens with zero attached hydrogens (tertiary/aromatic N) is 8. The van der Waals surface area contributed by atoms with Crippen molar-refractivity contribution in [1.29, 1.82) is 0 Å². The largest absolute Gasteiger partial charge is 0.341 e. The van der Waals surface area contributed by atoms with Crippen molar-refractivity contribution in [2.24, 2.45) is 0 Å². The summed E-state index contributed by atoms with van der Waals surface area (Å²) in [6, 6.07) is 1.86. The molecule has 0 spiro atoms. The van der Waals surface area contributed by atoms with E-state index in [0.717, 1.165) is 30.4 Å². The lowest BCUT2D eigenvalue weighted by molar-refractivity contribution is 0.568. The number of fused-ring (bicyclic) bond motifs is 1. The fourth-order valence-corrected chi connectivity index (χ4v) is 3.23. The average molecular weight is 342 g/mol. The molecule has 0 amide bonds. The van der Waals surface area contributed by atoms with Crippen molar-refractivity contribution in [2.75, 3.05) is 24.2 Å². The van der Waals surface area contributed by atoms with Gasteiger partial charge in [-0.3, -0.25) is 0 Å². The van der Waals surface area contributed by atoms with Gasteiger partial charge in [0.1, 0.15) is 5.69 Å². The van der Waals surface area contributed by atoms with Crippen molar-refractivity contribution in [3.8, 4) is 11.4 Å². The smallest absolute Gasteiger partial charge is 0.272 e. The van der Waals surface area contributed by atoms with E-state index < -0.39 is 0 Å². The Morgan fingerprint density at radius 1 is 1.08 bits per heavy atom. The van der Waals surface area contributed by atoms with Gasteiger partial charge in [0.25, 0.3) is 5.78 Å². The Morgan fingerprint density at radius 2 is 1.92 bits per heavy atom. The summed E-state index contributed by atoms with van der Waals surface area (Å²) in [6.07, 6.45) is 7.38. The van der Waals surface area contributed by atoms with Gasteiger partial charge in [0.05, 0.1) is 11.4 Å². The zero-order chi connectivity index (χ0) is 16.5. The van der Waals surface area contributed by atoms with Gasteiger partial charge in [-0.1, -0.05) is 11.8 Å². The maximum atomic E-state index is 4.71. The van der Waals surface area contributed by atoms with Crippen molar-refractivity contribution in [3.05, 3.63) is 18.0 Å². The van der Waals surface area contributed by atoms with Crippen LogP contribution in [0.5, 0.6) is 0 Å². The van der Waals surface area contributed by atoms with Crippen LogP contribution in [0, 0.1) is 6.92 Å². The molecule has 3 aromatic rings. The summed E-state index contributed by atoms with van der Waals surface area (Å²) in [4.78, 5) is 15.7. The van der Waals surface area contributed by atoms with E-state index in [1.54, 1.807) is 10.7 Å². The zero-order valence-electron chi connectivity index (χ0n) is 13.7. The number of aryl methyl sites for hydroxylation is 1. The van der Waals surface area contributed by atoms with Crippen LogP contribution in [-0.2, 0) is 0 Å². The summed E-state index contributed by atoms with van der Waals surface area (Å²) in [5.74, 6) is 1.27. The van der Waals surface area contributed by atoms with Crippen LogP contribution < -0.4 is 4.90 Å². The van der Waals surface area contributed by atoms with Crippen LogP contribution in [0.1, 0.15) is 25.0 Å². The van der Waals surface area contributed by atoms with Crippen LogP contribution in [0.25, 0.3) is 17.2 Å². The minimum atomic E-state index is 0.505. The maximum absolute atomic E-state index is 4.71. The molecular formula is C15H18N8S. The molecule has 1 aliphatic heterocycles. The quantitative estimate of drug-likeness (QED) is 0.668. The van der Waals surface area contributed by atoms with Crippen LogP contribution in [0.3, 0.4) is 0 Å². The number of aromatic nitrogens is 7. The average Bonchev–Trinajstić information content (AvgIpc) is 3.07. The van der Waals surface area contributed by atoms with Gasteiger partial charge in [-0.05, 0) is 38.5 Å². The highest BCUT2D eigenvalue weighted by atomic mass is 32.2. The summed E-state index contributed by atoms with van der Waals surface area (Å²) in [6.45, 7) is 3.97. The summed E-state index contributed by atoms with van der Waals surface area (Å²) in [5, 5.41) is 13.6. The molecule has 3 aromatic heterocycles. The Kier molecular flexibility index (Phi) is 4.01. The summed E-state index contributed by atoms with van der Waals surface area (Å²) < 4.78 is 1.72. The number of hydrogen-bond donors (Lipinski definition) is 0. The first-order valence-corrected chi connectivity index (χ1v) is 9.21. The molecular weight excluding hydrogens is 324 g/mol. The standard InChI is InChI=1S/C15H18N8S/c1-10-12(19-20-14-18-15(24-2)21-23(10)14)11-6-7-16-13(17-11)22-8-4-3-5-9-22/h6-7H,3-5,8-9H2,1-2H3. The lowest BCUT2D eigenvalue weighted by Crippen LogP contribution is -2.31. The third-order valence-electron chi connectivity index (χ3n) is 4.18. The molecule has 1 fully saturated rings. The van der Waals surface area contributed by atoms with Gasteiger partial charge in [-0.2, -0.15) is 9.50 Å². The van der Waals surface area contributed by atoms with E-state index in [2.05, 4.69) is 30.2 Å². The van der Waals surface area contributed by atoms with Crippen molar-refractivity contribution >= 4 is 23.5 Å². The lowest BCUT2D eigenvalue weighted by Gasteiger charge is -2.26. The van der Waals surface area contributed by atoms with Crippen LogP contribution in [0.4, 0.5) is 5.95 Å². The molecule has 0 aromatic carbocycles. The van der Waals surface area contributed by atoms with E-state index in [1.165, 1.54) is 31.0 Å². The topological polar surface area (TPSA) is 85.0 Å². The van der Waals surface area contributed by atoms with Crippen LogP contribution in [-0.4, -0.2) is 54.1 Å². The first-order chi connectivity index (χ1) is 11.8. The second-order valence-corrected chi connectivity index (χ2v) is 6.51. The molecule has 0 unspecified atom stereocenters. The molecule has 0 N–H and O–H groups in total. The lowest BCUT2D eigenvalue weighted by atomic mass is 10.1. The molecule has 4 rings (SSSR count). The third-order valence-corrected chi connectivity index (χ3v) is 4.72. The minimum Gasteiger partial charge on any atom is -0.341 e. The molecule has 0 bridgehead atoms.